The van der Waals surface area contributed by atoms with Gasteiger partial charge in [0.05, 0.1) is 5.69 Å². The summed E-state index contributed by atoms with van der Waals surface area (Å²) >= 11 is 9.54. The van der Waals surface area contributed by atoms with Crippen molar-refractivity contribution in [2.24, 2.45) is 11.7 Å². The van der Waals surface area contributed by atoms with Crippen LogP contribution in [0.15, 0.2) is 16.6 Å². The highest BCUT2D eigenvalue weighted by atomic mass is 79.9. The Morgan fingerprint density at radius 1 is 1.37 bits per heavy atom. The molecule has 104 valence electrons. The van der Waals surface area contributed by atoms with Gasteiger partial charge in [-0.05, 0) is 66.2 Å². The van der Waals surface area contributed by atoms with E-state index in [9.17, 15) is 4.79 Å². The van der Waals surface area contributed by atoms with Crippen molar-refractivity contribution in [2.45, 2.75) is 38.6 Å². The van der Waals surface area contributed by atoms with E-state index < -0.39 is 0 Å². The lowest BCUT2D eigenvalue weighted by Crippen LogP contribution is -2.32. The van der Waals surface area contributed by atoms with Crippen molar-refractivity contribution in [3.63, 3.8) is 0 Å². The van der Waals surface area contributed by atoms with E-state index in [1.165, 1.54) is 0 Å². The normalized spacial score (nSPS) is 23.2. The van der Waals surface area contributed by atoms with E-state index in [4.69, 9.17) is 17.3 Å². The monoisotopic (exact) mass is 344 g/mol. The highest BCUT2D eigenvalue weighted by Gasteiger charge is 2.25. The molecule has 1 aliphatic carbocycles. The van der Waals surface area contributed by atoms with Gasteiger partial charge >= 0.3 is 0 Å². The zero-order chi connectivity index (χ0) is 14.0. The lowest BCUT2D eigenvalue weighted by molar-refractivity contribution is -0.120. The maximum absolute atomic E-state index is 12.2. The summed E-state index contributed by atoms with van der Waals surface area (Å²) < 4.78 is 0.857. The van der Waals surface area contributed by atoms with Gasteiger partial charge in [-0.1, -0.05) is 11.6 Å². The largest absolute Gasteiger partial charge is 0.328 e. The standard InChI is InChI=1S/C14H18BrClN2O/c1-8-6-11(15)13(7-12(8)16)18-14(19)9-2-4-10(17)5-3-9/h6-7,9-10H,2-5,17H2,1H3,(H,18,19). The number of halogens is 2. The van der Waals surface area contributed by atoms with Crippen molar-refractivity contribution in [1.29, 1.82) is 0 Å². The molecular formula is C14H18BrClN2O. The number of benzene rings is 1. The number of carbonyl (C=O) groups is 1. The van der Waals surface area contributed by atoms with Gasteiger partial charge in [0.15, 0.2) is 0 Å². The van der Waals surface area contributed by atoms with Crippen LogP contribution in [0.25, 0.3) is 0 Å². The lowest BCUT2D eigenvalue weighted by atomic mass is 9.86. The zero-order valence-corrected chi connectivity index (χ0v) is 13.2. The van der Waals surface area contributed by atoms with Gasteiger partial charge in [0.25, 0.3) is 0 Å². The van der Waals surface area contributed by atoms with E-state index in [0.717, 1.165) is 41.4 Å². The highest BCUT2D eigenvalue weighted by Crippen LogP contribution is 2.31. The molecule has 0 aliphatic heterocycles. The topological polar surface area (TPSA) is 55.1 Å². The smallest absolute Gasteiger partial charge is 0.227 e. The molecule has 0 atom stereocenters. The number of anilines is 1. The average molecular weight is 346 g/mol. The second-order valence-electron chi connectivity index (χ2n) is 5.18. The van der Waals surface area contributed by atoms with Crippen LogP contribution in [-0.2, 0) is 4.79 Å². The van der Waals surface area contributed by atoms with Gasteiger partial charge in [-0.2, -0.15) is 0 Å². The van der Waals surface area contributed by atoms with Gasteiger partial charge in [0.1, 0.15) is 0 Å². The summed E-state index contributed by atoms with van der Waals surface area (Å²) in [7, 11) is 0. The van der Waals surface area contributed by atoms with E-state index in [1.807, 2.05) is 13.0 Å². The molecular weight excluding hydrogens is 328 g/mol. The van der Waals surface area contributed by atoms with Crippen molar-refractivity contribution < 1.29 is 4.79 Å². The minimum Gasteiger partial charge on any atom is -0.328 e. The number of carbonyl (C=O) groups excluding carboxylic acids is 1. The van der Waals surface area contributed by atoms with Crippen LogP contribution in [0.4, 0.5) is 5.69 Å². The summed E-state index contributed by atoms with van der Waals surface area (Å²) in [5, 5.41) is 3.61. The summed E-state index contributed by atoms with van der Waals surface area (Å²) in [6.45, 7) is 1.93. The number of amides is 1. The summed E-state index contributed by atoms with van der Waals surface area (Å²) in [6.07, 6.45) is 3.58. The highest BCUT2D eigenvalue weighted by molar-refractivity contribution is 9.10. The van der Waals surface area contributed by atoms with Crippen molar-refractivity contribution in [2.75, 3.05) is 5.32 Å². The fraction of sp³-hybridized carbons (Fsp3) is 0.500. The third kappa shape index (κ3) is 3.71. The van der Waals surface area contributed by atoms with Crippen molar-refractivity contribution in [3.05, 3.63) is 27.2 Å². The van der Waals surface area contributed by atoms with Gasteiger partial charge in [-0.15, -0.1) is 0 Å². The molecule has 3 nitrogen and oxygen atoms in total. The molecule has 1 aromatic carbocycles. The van der Waals surface area contributed by atoms with Crippen LogP contribution in [0, 0.1) is 12.8 Å². The number of rotatable bonds is 2. The van der Waals surface area contributed by atoms with E-state index in [-0.39, 0.29) is 17.9 Å². The fourth-order valence-electron chi connectivity index (χ4n) is 2.36. The van der Waals surface area contributed by atoms with E-state index in [2.05, 4.69) is 21.2 Å². The molecule has 1 aliphatic rings. The number of aryl methyl sites for hydroxylation is 1. The van der Waals surface area contributed by atoms with Crippen LogP contribution in [0.2, 0.25) is 5.02 Å². The van der Waals surface area contributed by atoms with Crippen LogP contribution in [-0.4, -0.2) is 11.9 Å². The third-order valence-electron chi connectivity index (χ3n) is 3.65. The third-order valence-corrected chi connectivity index (χ3v) is 4.71. The molecule has 3 N–H and O–H groups in total. The molecule has 0 bridgehead atoms. The maximum atomic E-state index is 12.2. The summed E-state index contributed by atoms with van der Waals surface area (Å²) in [5.41, 5.74) is 7.57. The fourth-order valence-corrected chi connectivity index (χ4v) is 3.08. The first kappa shape index (κ1) is 14.8. The predicted molar refractivity (Wildman–Crippen MR) is 82.5 cm³/mol. The minimum absolute atomic E-state index is 0.0618. The second kappa shape index (κ2) is 6.25. The molecule has 0 heterocycles. The summed E-state index contributed by atoms with van der Waals surface area (Å²) in [4.78, 5) is 12.2. The Hall–Kier alpha value is -0.580. The summed E-state index contributed by atoms with van der Waals surface area (Å²) in [5.74, 6) is 0.124. The van der Waals surface area contributed by atoms with Crippen LogP contribution < -0.4 is 11.1 Å². The first-order chi connectivity index (χ1) is 8.97. The molecule has 5 heteroatoms. The predicted octanol–water partition coefficient (Wildman–Crippen LogP) is 3.87. The molecule has 0 spiro atoms. The maximum Gasteiger partial charge on any atom is 0.227 e. The van der Waals surface area contributed by atoms with Crippen LogP contribution in [0.5, 0.6) is 0 Å². The lowest BCUT2D eigenvalue weighted by Gasteiger charge is -2.25. The van der Waals surface area contributed by atoms with Crippen LogP contribution >= 0.6 is 27.5 Å². The van der Waals surface area contributed by atoms with Gasteiger partial charge in [-0.3, -0.25) is 4.79 Å². The Labute approximate surface area is 127 Å². The van der Waals surface area contributed by atoms with Crippen LogP contribution in [0.1, 0.15) is 31.2 Å². The Bertz CT molecular complexity index is 485. The zero-order valence-electron chi connectivity index (χ0n) is 10.9. The quantitative estimate of drug-likeness (QED) is 0.855. The van der Waals surface area contributed by atoms with Gasteiger partial charge in [0.2, 0.25) is 5.91 Å². The number of nitrogens with one attached hydrogen (secondary N) is 1. The Kier molecular flexibility index (Phi) is 4.87. The van der Waals surface area contributed by atoms with Gasteiger partial charge in [-0.25, -0.2) is 0 Å². The molecule has 0 radical (unpaired) electrons. The SMILES string of the molecule is Cc1cc(Br)c(NC(=O)C2CCC(N)CC2)cc1Cl. The van der Waals surface area contributed by atoms with Crippen molar-refractivity contribution >= 4 is 39.1 Å². The Morgan fingerprint density at radius 3 is 2.63 bits per heavy atom. The number of hydrogen-bond donors (Lipinski definition) is 2. The number of hydrogen-bond acceptors (Lipinski definition) is 2. The molecule has 1 fully saturated rings. The van der Waals surface area contributed by atoms with E-state index >= 15 is 0 Å². The molecule has 1 saturated carbocycles. The molecule has 0 unspecified atom stereocenters. The Balaban J connectivity index is 2.05. The molecule has 0 aromatic heterocycles. The van der Waals surface area contributed by atoms with Crippen molar-refractivity contribution in [1.82, 2.24) is 0 Å². The molecule has 0 saturated heterocycles. The van der Waals surface area contributed by atoms with E-state index in [0.29, 0.717) is 5.02 Å². The van der Waals surface area contributed by atoms with Gasteiger partial charge < -0.3 is 11.1 Å². The molecule has 19 heavy (non-hydrogen) atoms. The average Bonchev–Trinajstić information content (AvgIpc) is 2.36. The van der Waals surface area contributed by atoms with E-state index in [1.54, 1.807) is 6.07 Å². The summed E-state index contributed by atoms with van der Waals surface area (Å²) in [6, 6.07) is 3.95. The molecule has 2 rings (SSSR count). The van der Waals surface area contributed by atoms with Crippen LogP contribution in [0.3, 0.4) is 0 Å². The van der Waals surface area contributed by atoms with Crippen molar-refractivity contribution in [3.8, 4) is 0 Å². The van der Waals surface area contributed by atoms with Gasteiger partial charge in [0, 0.05) is 21.5 Å². The first-order valence-electron chi connectivity index (χ1n) is 6.49. The molecule has 1 aromatic rings. The minimum atomic E-state index is 0.0618. The second-order valence-corrected chi connectivity index (χ2v) is 6.44. The Morgan fingerprint density at radius 2 is 2.00 bits per heavy atom. The molecule has 1 amide bonds. The number of nitrogens with two attached hydrogens (primary N) is 1. The first-order valence-corrected chi connectivity index (χ1v) is 7.66.